The van der Waals surface area contributed by atoms with Crippen LogP contribution >= 0.6 is 0 Å². The molecule has 0 aliphatic carbocycles. The van der Waals surface area contributed by atoms with E-state index in [4.69, 9.17) is 4.74 Å². The zero-order valence-corrected chi connectivity index (χ0v) is 17.7. The van der Waals surface area contributed by atoms with Gasteiger partial charge in [0.2, 0.25) is 5.91 Å². The van der Waals surface area contributed by atoms with Gasteiger partial charge in [0.1, 0.15) is 12.4 Å². The largest absolute Gasteiger partial charge is 0.379 e. The van der Waals surface area contributed by atoms with E-state index in [1.807, 2.05) is 20.8 Å². The number of sulfonamides is 1. The molecule has 0 saturated carbocycles. The lowest BCUT2D eigenvalue weighted by Gasteiger charge is -2.24. The first kappa shape index (κ1) is 22.8. The van der Waals surface area contributed by atoms with E-state index in [0.29, 0.717) is 25.3 Å². The molecule has 158 valence electrons. The first-order valence-electron chi connectivity index (χ1n) is 9.43. The molecule has 1 N–H and O–H groups in total. The van der Waals surface area contributed by atoms with Crippen LogP contribution in [0.5, 0.6) is 0 Å². The van der Waals surface area contributed by atoms with E-state index in [1.54, 1.807) is 24.3 Å². The average molecular weight is 423 g/mol. The first-order valence-corrected chi connectivity index (χ1v) is 10.9. The van der Waals surface area contributed by atoms with E-state index in [2.05, 4.69) is 5.32 Å². The zero-order chi connectivity index (χ0) is 21.4. The van der Waals surface area contributed by atoms with Crippen molar-refractivity contribution in [3.63, 3.8) is 0 Å². The molecular formula is C21H27FN2O4S. The van der Waals surface area contributed by atoms with Crippen LogP contribution in [-0.2, 0) is 19.6 Å². The lowest BCUT2D eigenvalue weighted by atomic mass is 10.2. The van der Waals surface area contributed by atoms with E-state index in [-0.39, 0.29) is 17.5 Å². The number of ether oxygens (including phenoxy) is 1. The van der Waals surface area contributed by atoms with Gasteiger partial charge in [-0.15, -0.1) is 0 Å². The molecule has 0 aliphatic rings. The predicted octanol–water partition coefficient (Wildman–Crippen LogP) is 3.26. The van der Waals surface area contributed by atoms with Crippen LogP contribution in [0.4, 0.5) is 10.1 Å². The minimum absolute atomic E-state index is 0.0855. The van der Waals surface area contributed by atoms with Crippen molar-refractivity contribution in [1.29, 1.82) is 0 Å². The normalized spacial score (nSPS) is 11.5. The van der Waals surface area contributed by atoms with Gasteiger partial charge in [-0.3, -0.25) is 9.10 Å². The molecule has 0 unspecified atom stereocenters. The Morgan fingerprint density at radius 2 is 1.72 bits per heavy atom. The monoisotopic (exact) mass is 422 g/mol. The number of nitrogens with zero attached hydrogens (tertiary/aromatic N) is 1. The van der Waals surface area contributed by atoms with Crippen LogP contribution in [0.2, 0.25) is 0 Å². The Kier molecular flexibility index (Phi) is 8.16. The summed E-state index contributed by atoms with van der Waals surface area (Å²) in [7, 11) is -4.04. The van der Waals surface area contributed by atoms with Crippen LogP contribution in [0.15, 0.2) is 53.4 Å². The van der Waals surface area contributed by atoms with E-state index < -0.39 is 21.7 Å². The van der Waals surface area contributed by atoms with Gasteiger partial charge in [-0.25, -0.2) is 12.8 Å². The average Bonchev–Trinajstić information content (AvgIpc) is 2.66. The Morgan fingerprint density at radius 1 is 1.10 bits per heavy atom. The minimum Gasteiger partial charge on any atom is -0.379 e. The molecule has 0 aliphatic heterocycles. The maximum Gasteiger partial charge on any atom is 0.264 e. The van der Waals surface area contributed by atoms with Crippen LogP contribution < -0.4 is 9.62 Å². The summed E-state index contributed by atoms with van der Waals surface area (Å²) in [4.78, 5) is 12.3. The number of hydrogen-bond donors (Lipinski definition) is 1. The smallest absolute Gasteiger partial charge is 0.264 e. The fraction of sp³-hybridized carbons (Fsp3) is 0.381. The van der Waals surface area contributed by atoms with Gasteiger partial charge in [-0.2, -0.15) is 0 Å². The fourth-order valence-corrected chi connectivity index (χ4v) is 3.99. The van der Waals surface area contributed by atoms with Crippen LogP contribution in [0.3, 0.4) is 0 Å². The van der Waals surface area contributed by atoms with Crippen LogP contribution in [0.25, 0.3) is 0 Å². The molecule has 0 radical (unpaired) electrons. The predicted molar refractivity (Wildman–Crippen MR) is 111 cm³/mol. The number of nitrogens with one attached hydrogen (secondary N) is 1. The summed E-state index contributed by atoms with van der Waals surface area (Å²) in [5, 5.41) is 2.72. The summed E-state index contributed by atoms with van der Waals surface area (Å²) < 4.78 is 45.9. The molecule has 2 aromatic carbocycles. The SMILES string of the molecule is Cc1ccc(N(CC(=O)NCCCOC(C)C)S(=O)(=O)c2ccc(F)cc2)cc1. The quantitative estimate of drug-likeness (QED) is 0.597. The van der Waals surface area contributed by atoms with Gasteiger partial charge >= 0.3 is 0 Å². The molecule has 6 nitrogen and oxygen atoms in total. The molecule has 0 saturated heterocycles. The number of anilines is 1. The number of carbonyl (C=O) groups is 1. The number of amides is 1. The highest BCUT2D eigenvalue weighted by molar-refractivity contribution is 7.92. The van der Waals surface area contributed by atoms with Crippen LogP contribution in [0, 0.1) is 12.7 Å². The number of rotatable bonds is 10. The second kappa shape index (κ2) is 10.4. The lowest BCUT2D eigenvalue weighted by molar-refractivity contribution is -0.119. The first-order chi connectivity index (χ1) is 13.7. The third-order valence-corrected chi connectivity index (χ3v) is 5.89. The third kappa shape index (κ3) is 6.83. The van der Waals surface area contributed by atoms with E-state index >= 15 is 0 Å². The molecule has 0 bridgehead atoms. The highest BCUT2D eigenvalue weighted by atomic mass is 32.2. The number of carbonyl (C=O) groups excluding carboxylic acids is 1. The van der Waals surface area contributed by atoms with Gasteiger partial charge in [-0.1, -0.05) is 17.7 Å². The van der Waals surface area contributed by atoms with E-state index in [9.17, 15) is 17.6 Å². The fourth-order valence-electron chi connectivity index (χ4n) is 2.57. The molecule has 0 heterocycles. The second-order valence-corrected chi connectivity index (χ2v) is 8.79. The number of halogens is 1. The topological polar surface area (TPSA) is 75.7 Å². The van der Waals surface area contributed by atoms with Crippen molar-refractivity contribution in [2.75, 3.05) is 24.0 Å². The van der Waals surface area contributed by atoms with Crippen molar-refractivity contribution in [3.05, 3.63) is 59.9 Å². The number of hydrogen-bond acceptors (Lipinski definition) is 4. The van der Waals surface area contributed by atoms with Crippen molar-refractivity contribution in [2.24, 2.45) is 0 Å². The molecule has 0 atom stereocenters. The molecule has 2 aromatic rings. The van der Waals surface area contributed by atoms with Crippen molar-refractivity contribution in [2.45, 2.75) is 38.2 Å². The van der Waals surface area contributed by atoms with Crippen molar-refractivity contribution in [3.8, 4) is 0 Å². The summed E-state index contributed by atoms with van der Waals surface area (Å²) in [6.45, 7) is 6.25. The summed E-state index contributed by atoms with van der Waals surface area (Å²) in [5.41, 5.74) is 1.32. The molecule has 2 rings (SSSR count). The van der Waals surface area contributed by atoms with E-state index in [1.165, 1.54) is 12.1 Å². The highest BCUT2D eigenvalue weighted by Gasteiger charge is 2.27. The Morgan fingerprint density at radius 3 is 2.31 bits per heavy atom. The summed E-state index contributed by atoms with van der Waals surface area (Å²) in [6.07, 6.45) is 0.739. The Labute approximate surface area is 171 Å². The summed E-state index contributed by atoms with van der Waals surface area (Å²) >= 11 is 0. The van der Waals surface area contributed by atoms with Crippen LogP contribution in [-0.4, -0.2) is 40.1 Å². The molecule has 0 aromatic heterocycles. The Bertz CT molecular complexity index is 897. The van der Waals surface area contributed by atoms with Gasteiger partial charge in [0.25, 0.3) is 10.0 Å². The van der Waals surface area contributed by atoms with Gasteiger partial charge in [0.15, 0.2) is 0 Å². The molecule has 8 heteroatoms. The minimum atomic E-state index is -4.04. The number of aryl methyl sites for hydroxylation is 1. The van der Waals surface area contributed by atoms with Gasteiger partial charge in [0.05, 0.1) is 16.7 Å². The van der Waals surface area contributed by atoms with Gasteiger partial charge < -0.3 is 10.1 Å². The highest BCUT2D eigenvalue weighted by Crippen LogP contribution is 2.24. The standard InChI is InChI=1S/C21H27FN2O4S/c1-16(2)28-14-4-13-23-21(25)15-24(19-9-5-17(3)6-10-19)29(26,27)20-11-7-18(22)8-12-20/h5-12,16H,4,13-15H2,1-3H3,(H,23,25). The molecule has 29 heavy (non-hydrogen) atoms. The van der Waals surface area contributed by atoms with Crippen molar-refractivity contribution < 1.29 is 22.3 Å². The van der Waals surface area contributed by atoms with Gasteiger partial charge in [0, 0.05) is 13.2 Å². The zero-order valence-electron chi connectivity index (χ0n) is 16.9. The molecule has 0 spiro atoms. The van der Waals surface area contributed by atoms with Crippen LogP contribution in [0.1, 0.15) is 25.8 Å². The molecular weight excluding hydrogens is 395 g/mol. The maximum absolute atomic E-state index is 13.2. The Balaban J connectivity index is 2.16. The third-order valence-electron chi connectivity index (χ3n) is 4.11. The molecule has 1 amide bonds. The molecule has 0 fully saturated rings. The van der Waals surface area contributed by atoms with Crippen molar-refractivity contribution in [1.82, 2.24) is 5.32 Å². The second-order valence-electron chi connectivity index (χ2n) is 6.92. The summed E-state index contributed by atoms with van der Waals surface area (Å²) in [5.74, 6) is -0.965. The maximum atomic E-state index is 13.2. The van der Waals surface area contributed by atoms with Crippen molar-refractivity contribution >= 4 is 21.6 Å². The van der Waals surface area contributed by atoms with E-state index in [0.717, 1.165) is 22.0 Å². The number of benzene rings is 2. The Hall–Kier alpha value is -2.45. The summed E-state index contributed by atoms with van der Waals surface area (Å²) in [6, 6.07) is 11.3. The van der Waals surface area contributed by atoms with Gasteiger partial charge in [-0.05, 0) is 63.6 Å². The lowest BCUT2D eigenvalue weighted by Crippen LogP contribution is -2.41.